The van der Waals surface area contributed by atoms with Crippen molar-refractivity contribution in [3.05, 3.63) is 0 Å². The summed E-state index contributed by atoms with van der Waals surface area (Å²) < 4.78 is 10.4. The van der Waals surface area contributed by atoms with E-state index in [-0.39, 0.29) is 12.0 Å². The number of carbonyl (C=O) groups excluding carboxylic acids is 1. The van der Waals surface area contributed by atoms with Gasteiger partial charge in [0, 0.05) is 20.2 Å². The van der Waals surface area contributed by atoms with Crippen LogP contribution in [0.15, 0.2) is 0 Å². The number of methoxy groups -OCH3 is 1. The van der Waals surface area contributed by atoms with Gasteiger partial charge in [0.05, 0.1) is 13.2 Å². The zero-order valence-electron chi connectivity index (χ0n) is 13.9. The van der Waals surface area contributed by atoms with Crippen LogP contribution >= 0.6 is 0 Å². The molecule has 2 atom stereocenters. The highest BCUT2D eigenvalue weighted by Crippen LogP contribution is 2.17. The van der Waals surface area contributed by atoms with E-state index in [1.54, 1.807) is 7.11 Å². The summed E-state index contributed by atoms with van der Waals surface area (Å²) in [7, 11) is 1.77. The van der Waals surface area contributed by atoms with Gasteiger partial charge in [0.2, 0.25) is 0 Å². The normalized spacial score (nSPS) is 21.2. The Bertz CT molecular complexity index is 285. The maximum absolute atomic E-state index is 12.0. The summed E-state index contributed by atoms with van der Waals surface area (Å²) >= 11 is 0. The van der Waals surface area contributed by atoms with E-state index >= 15 is 0 Å². The minimum absolute atomic E-state index is 0.114. The third-order valence-corrected chi connectivity index (χ3v) is 3.95. The fraction of sp³-hybridized carbons (Fsp3) is 0.938. The Morgan fingerprint density at radius 2 is 2.24 bits per heavy atom. The standard InChI is InChI=1S/C16H32N2O3/c1-4-9-17-15(16(19)21-5-2)8-11-18-10-6-7-14(12-18)13-20-3/h14-15,17H,4-13H2,1-3H3. The molecule has 21 heavy (non-hydrogen) atoms. The van der Waals surface area contributed by atoms with Crippen LogP contribution in [0.25, 0.3) is 0 Å². The lowest BCUT2D eigenvalue weighted by Gasteiger charge is -2.33. The molecule has 1 heterocycles. The molecule has 2 unspecified atom stereocenters. The van der Waals surface area contributed by atoms with Gasteiger partial charge in [0.25, 0.3) is 0 Å². The van der Waals surface area contributed by atoms with Gasteiger partial charge in [-0.05, 0) is 51.6 Å². The highest BCUT2D eigenvalue weighted by molar-refractivity contribution is 5.75. The van der Waals surface area contributed by atoms with Crippen LogP contribution in [0.1, 0.15) is 39.5 Å². The van der Waals surface area contributed by atoms with Crippen molar-refractivity contribution in [1.29, 1.82) is 0 Å². The first-order chi connectivity index (χ1) is 10.2. The lowest BCUT2D eigenvalue weighted by Crippen LogP contribution is -2.43. The van der Waals surface area contributed by atoms with Crippen LogP contribution in [-0.2, 0) is 14.3 Å². The smallest absolute Gasteiger partial charge is 0.323 e. The molecule has 0 spiro atoms. The molecule has 124 valence electrons. The Balaban J connectivity index is 2.38. The van der Waals surface area contributed by atoms with Crippen LogP contribution in [0.2, 0.25) is 0 Å². The average Bonchev–Trinajstić information content (AvgIpc) is 2.48. The number of rotatable bonds is 10. The van der Waals surface area contributed by atoms with E-state index in [2.05, 4.69) is 17.1 Å². The van der Waals surface area contributed by atoms with Crippen molar-refractivity contribution in [2.75, 3.05) is 46.5 Å². The monoisotopic (exact) mass is 300 g/mol. The van der Waals surface area contributed by atoms with Crippen molar-refractivity contribution in [1.82, 2.24) is 10.2 Å². The highest BCUT2D eigenvalue weighted by atomic mass is 16.5. The number of nitrogens with one attached hydrogen (secondary N) is 1. The summed E-state index contributed by atoms with van der Waals surface area (Å²) in [5.74, 6) is 0.518. The third kappa shape index (κ3) is 7.25. The number of nitrogens with zero attached hydrogens (tertiary/aromatic N) is 1. The first-order valence-corrected chi connectivity index (χ1v) is 8.32. The predicted octanol–water partition coefficient (Wildman–Crippen LogP) is 1.67. The number of ether oxygens (including phenoxy) is 2. The molecule has 1 aliphatic heterocycles. The lowest BCUT2D eigenvalue weighted by molar-refractivity contribution is -0.146. The third-order valence-electron chi connectivity index (χ3n) is 3.95. The van der Waals surface area contributed by atoms with Gasteiger partial charge in [-0.2, -0.15) is 0 Å². The molecule has 1 N–H and O–H groups in total. The molecule has 1 fully saturated rings. The molecule has 0 aromatic rings. The summed E-state index contributed by atoms with van der Waals surface area (Å²) in [5.41, 5.74) is 0. The Morgan fingerprint density at radius 1 is 1.43 bits per heavy atom. The summed E-state index contributed by atoms with van der Waals surface area (Å²) in [6.45, 7) is 9.26. The van der Waals surface area contributed by atoms with Crippen molar-refractivity contribution in [2.45, 2.75) is 45.6 Å². The molecule has 0 aromatic heterocycles. The maximum Gasteiger partial charge on any atom is 0.323 e. The van der Waals surface area contributed by atoms with E-state index in [1.807, 2.05) is 6.92 Å². The maximum atomic E-state index is 12.0. The summed E-state index contributed by atoms with van der Waals surface area (Å²) in [4.78, 5) is 14.4. The molecular formula is C16H32N2O3. The minimum Gasteiger partial charge on any atom is -0.465 e. The molecule has 1 aliphatic rings. The van der Waals surface area contributed by atoms with Gasteiger partial charge < -0.3 is 19.7 Å². The molecule has 5 heteroatoms. The zero-order chi connectivity index (χ0) is 15.5. The van der Waals surface area contributed by atoms with Gasteiger partial charge in [-0.15, -0.1) is 0 Å². The Labute approximate surface area is 129 Å². The van der Waals surface area contributed by atoms with Gasteiger partial charge in [-0.25, -0.2) is 0 Å². The number of hydrogen-bond acceptors (Lipinski definition) is 5. The summed E-state index contributed by atoms with van der Waals surface area (Å²) in [6, 6.07) is -0.173. The zero-order valence-corrected chi connectivity index (χ0v) is 13.9. The number of likely N-dealkylation sites (tertiary alicyclic amines) is 1. The molecule has 0 aromatic carbocycles. The molecular weight excluding hydrogens is 268 g/mol. The first-order valence-electron chi connectivity index (χ1n) is 8.32. The summed E-state index contributed by atoms with van der Waals surface area (Å²) in [6.07, 6.45) is 4.31. The van der Waals surface area contributed by atoms with Gasteiger partial charge in [-0.1, -0.05) is 6.92 Å². The first kappa shape index (κ1) is 18.4. The number of carbonyl (C=O) groups is 1. The predicted molar refractivity (Wildman–Crippen MR) is 84.4 cm³/mol. The van der Waals surface area contributed by atoms with Gasteiger partial charge >= 0.3 is 5.97 Å². The van der Waals surface area contributed by atoms with Crippen LogP contribution < -0.4 is 5.32 Å². The number of esters is 1. The Kier molecular flexibility index (Phi) is 9.63. The lowest BCUT2D eigenvalue weighted by atomic mass is 9.98. The van der Waals surface area contributed by atoms with E-state index in [9.17, 15) is 4.79 Å². The van der Waals surface area contributed by atoms with Crippen molar-refractivity contribution >= 4 is 5.97 Å². The summed E-state index contributed by atoms with van der Waals surface area (Å²) in [5, 5.41) is 3.30. The van der Waals surface area contributed by atoms with Crippen molar-refractivity contribution in [2.24, 2.45) is 5.92 Å². The van der Waals surface area contributed by atoms with Crippen LogP contribution in [0.4, 0.5) is 0 Å². The molecule has 0 amide bonds. The fourth-order valence-corrected chi connectivity index (χ4v) is 2.90. The van der Waals surface area contributed by atoms with E-state index in [1.165, 1.54) is 12.8 Å². The van der Waals surface area contributed by atoms with Crippen molar-refractivity contribution in [3.8, 4) is 0 Å². The number of hydrogen-bond donors (Lipinski definition) is 1. The van der Waals surface area contributed by atoms with E-state index in [4.69, 9.17) is 9.47 Å². The van der Waals surface area contributed by atoms with Gasteiger partial charge in [0.1, 0.15) is 6.04 Å². The van der Waals surface area contributed by atoms with Crippen LogP contribution in [0.5, 0.6) is 0 Å². The Hall–Kier alpha value is -0.650. The second-order valence-electron chi connectivity index (χ2n) is 5.81. The number of piperidine rings is 1. The fourth-order valence-electron chi connectivity index (χ4n) is 2.90. The van der Waals surface area contributed by atoms with Crippen LogP contribution in [0, 0.1) is 5.92 Å². The quantitative estimate of drug-likeness (QED) is 0.622. The van der Waals surface area contributed by atoms with Crippen LogP contribution in [-0.4, -0.2) is 63.4 Å². The largest absolute Gasteiger partial charge is 0.465 e. The molecule has 0 bridgehead atoms. The highest BCUT2D eigenvalue weighted by Gasteiger charge is 2.23. The van der Waals surface area contributed by atoms with E-state index in [0.717, 1.165) is 45.6 Å². The van der Waals surface area contributed by atoms with Crippen LogP contribution in [0.3, 0.4) is 0 Å². The van der Waals surface area contributed by atoms with Crippen molar-refractivity contribution < 1.29 is 14.3 Å². The SMILES string of the molecule is CCCNC(CCN1CCCC(COC)C1)C(=O)OCC. The topological polar surface area (TPSA) is 50.8 Å². The molecule has 0 saturated carbocycles. The van der Waals surface area contributed by atoms with E-state index in [0.29, 0.717) is 12.5 Å². The van der Waals surface area contributed by atoms with Crippen molar-refractivity contribution in [3.63, 3.8) is 0 Å². The average molecular weight is 300 g/mol. The minimum atomic E-state index is -0.173. The van der Waals surface area contributed by atoms with E-state index < -0.39 is 0 Å². The van der Waals surface area contributed by atoms with Gasteiger partial charge in [-0.3, -0.25) is 4.79 Å². The molecule has 0 radical (unpaired) electrons. The molecule has 1 saturated heterocycles. The second kappa shape index (κ2) is 11.0. The molecule has 5 nitrogen and oxygen atoms in total. The molecule has 0 aliphatic carbocycles. The second-order valence-corrected chi connectivity index (χ2v) is 5.81. The molecule has 1 rings (SSSR count). The Morgan fingerprint density at radius 3 is 2.90 bits per heavy atom. The van der Waals surface area contributed by atoms with Gasteiger partial charge in [0.15, 0.2) is 0 Å².